The Balaban J connectivity index is 2.00. The molecule has 0 saturated heterocycles. The lowest BCUT2D eigenvalue weighted by Crippen LogP contribution is -2.49. The number of aryl methyl sites for hydroxylation is 3. The third kappa shape index (κ3) is 5.37. The van der Waals surface area contributed by atoms with Crippen LogP contribution in [-0.2, 0) is 14.8 Å². The van der Waals surface area contributed by atoms with E-state index in [4.69, 9.17) is 0 Å². The molecule has 2 atom stereocenters. The van der Waals surface area contributed by atoms with Crippen molar-refractivity contribution in [3.63, 3.8) is 0 Å². The summed E-state index contributed by atoms with van der Waals surface area (Å²) in [5, 5.41) is 3.10. The molecular weight excluding hydrogens is 420 g/mol. The van der Waals surface area contributed by atoms with Crippen molar-refractivity contribution >= 4 is 21.6 Å². The molecule has 3 aromatic carbocycles. The molecule has 0 saturated carbocycles. The summed E-state index contributed by atoms with van der Waals surface area (Å²) in [6.45, 7) is 7.43. The van der Waals surface area contributed by atoms with Gasteiger partial charge in [-0.1, -0.05) is 60.7 Å². The molecule has 0 heterocycles. The van der Waals surface area contributed by atoms with Gasteiger partial charge in [0.25, 0.3) is 0 Å². The number of rotatable bonds is 7. The molecule has 0 aromatic heterocycles. The van der Waals surface area contributed by atoms with Crippen LogP contribution >= 0.6 is 0 Å². The molecule has 0 fully saturated rings. The minimum atomic E-state index is -3.70. The Morgan fingerprint density at radius 1 is 0.875 bits per heavy atom. The minimum Gasteiger partial charge on any atom is -0.343 e. The zero-order chi connectivity index (χ0) is 23.5. The molecule has 1 N–H and O–H groups in total. The third-order valence-corrected chi connectivity index (χ3v) is 6.71. The van der Waals surface area contributed by atoms with E-state index >= 15 is 0 Å². The largest absolute Gasteiger partial charge is 0.343 e. The van der Waals surface area contributed by atoms with Gasteiger partial charge in [-0.15, -0.1) is 0 Å². The number of hydrogen-bond donors (Lipinski definition) is 1. The lowest BCUT2D eigenvalue weighted by atomic mass is 9.94. The quantitative estimate of drug-likeness (QED) is 0.569. The summed E-state index contributed by atoms with van der Waals surface area (Å²) in [6, 6.07) is 21.8. The van der Waals surface area contributed by atoms with Gasteiger partial charge in [-0.3, -0.25) is 9.10 Å². The lowest BCUT2D eigenvalue weighted by molar-refractivity contribution is -0.122. The van der Waals surface area contributed by atoms with Crippen LogP contribution in [0.5, 0.6) is 0 Å². The van der Waals surface area contributed by atoms with Crippen LogP contribution in [0.4, 0.5) is 5.69 Å². The lowest BCUT2D eigenvalue weighted by Gasteiger charge is -2.31. The fourth-order valence-electron chi connectivity index (χ4n) is 4.05. The Morgan fingerprint density at radius 2 is 1.44 bits per heavy atom. The van der Waals surface area contributed by atoms with E-state index in [-0.39, 0.29) is 5.91 Å². The number of hydrogen-bond acceptors (Lipinski definition) is 3. The average molecular weight is 451 g/mol. The van der Waals surface area contributed by atoms with Crippen LogP contribution in [-0.4, -0.2) is 26.6 Å². The Hall–Kier alpha value is -3.12. The zero-order valence-electron chi connectivity index (χ0n) is 19.2. The van der Waals surface area contributed by atoms with Crippen molar-refractivity contribution in [1.29, 1.82) is 0 Å². The number of anilines is 1. The zero-order valence-corrected chi connectivity index (χ0v) is 20.0. The highest BCUT2D eigenvalue weighted by Crippen LogP contribution is 2.27. The van der Waals surface area contributed by atoms with E-state index in [0.29, 0.717) is 5.69 Å². The average Bonchev–Trinajstić information content (AvgIpc) is 2.71. The molecule has 0 aliphatic heterocycles. The van der Waals surface area contributed by atoms with Crippen molar-refractivity contribution in [2.75, 3.05) is 10.6 Å². The Labute approximate surface area is 191 Å². The van der Waals surface area contributed by atoms with Gasteiger partial charge in [0.2, 0.25) is 15.9 Å². The smallest absolute Gasteiger partial charge is 0.244 e. The number of nitrogens with one attached hydrogen (secondary N) is 1. The number of sulfonamides is 1. The Morgan fingerprint density at radius 3 is 2.00 bits per heavy atom. The second-order valence-corrected chi connectivity index (χ2v) is 10.1. The number of benzene rings is 3. The predicted molar refractivity (Wildman–Crippen MR) is 130 cm³/mol. The first-order chi connectivity index (χ1) is 15.1. The number of carbonyl (C=O) groups excluding carboxylic acids is 1. The van der Waals surface area contributed by atoms with E-state index in [1.54, 1.807) is 19.1 Å². The summed E-state index contributed by atoms with van der Waals surface area (Å²) in [6.07, 6.45) is 1.13. The molecule has 3 rings (SSSR count). The molecule has 0 unspecified atom stereocenters. The van der Waals surface area contributed by atoms with Gasteiger partial charge in [-0.2, -0.15) is 0 Å². The fourth-order valence-corrected chi connectivity index (χ4v) is 5.20. The summed E-state index contributed by atoms with van der Waals surface area (Å²) in [4.78, 5) is 13.4. The maximum Gasteiger partial charge on any atom is 0.244 e. The molecule has 32 heavy (non-hydrogen) atoms. The van der Waals surface area contributed by atoms with Crippen LogP contribution < -0.4 is 9.62 Å². The summed E-state index contributed by atoms with van der Waals surface area (Å²) < 4.78 is 26.6. The van der Waals surface area contributed by atoms with Crippen LogP contribution in [0.1, 0.15) is 40.8 Å². The molecule has 0 aliphatic carbocycles. The highest BCUT2D eigenvalue weighted by atomic mass is 32.2. The highest BCUT2D eigenvalue weighted by molar-refractivity contribution is 7.92. The van der Waals surface area contributed by atoms with Gasteiger partial charge in [0.05, 0.1) is 18.0 Å². The molecule has 6 heteroatoms. The van der Waals surface area contributed by atoms with Crippen LogP contribution in [0, 0.1) is 20.8 Å². The molecule has 0 aliphatic rings. The van der Waals surface area contributed by atoms with Crippen molar-refractivity contribution in [3.8, 4) is 0 Å². The number of amides is 1. The van der Waals surface area contributed by atoms with E-state index in [2.05, 4.69) is 5.32 Å². The topological polar surface area (TPSA) is 66.5 Å². The van der Waals surface area contributed by atoms with E-state index in [1.165, 1.54) is 4.31 Å². The minimum absolute atomic E-state index is 0.369. The van der Waals surface area contributed by atoms with Gasteiger partial charge in [-0.25, -0.2) is 8.42 Å². The van der Waals surface area contributed by atoms with Crippen molar-refractivity contribution < 1.29 is 13.2 Å². The van der Waals surface area contributed by atoms with Crippen molar-refractivity contribution in [1.82, 2.24) is 5.32 Å². The number of carbonyl (C=O) groups is 1. The second-order valence-electron chi connectivity index (χ2n) is 8.29. The first kappa shape index (κ1) is 23.5. The normalized spacial score (nSPS) is 13.3. The van der Waals surface area contributed by atoms with E-state index in [9.17, 15) is 13.2 Å². The van der Waals surface area contributed by atoms with Crippen molar-refractivity contribution in [3.05, 3.63) is 101 Å². The first-order valence-electron chi connectivity index (χ1n) is 10.6. The van der Waals surface area contributed by atoms with Crippen LogP contribution in [0.25, 0.3) is 0 Å². The van der Waals surface area contributed by atoms with E-state index in [0.717, 1.165) is 34.1 Å². The standard InChI is InChI=1S/C26H30N2O3S/c1-18-15-19(2)17-23(16-18)28(32(5,30)31)21(4)26(29)27-25(22-12-7-6-8-13-22)24-14-10-9-11-20(24)3/h6-17,21,25H,1-5H3,(H,27,29)/t21-,25-/m0/s1. The molecule has 5 nitrogen and oxygen atoms in total. The van der Waals surface area contributed by atoms with Gasteiger partial charge in [-0.05, 0) is 67.6 Å². The van der Waals surface area contributed by atoms with E-state index in [1.807, 2.05) is 81.4 Å². The first-order valence-corrected chi connectivity index (χ1v) is 12.4. The molecule has 168 valence electrons. The van der Waals surface area contributed by atoms with Crippen LogP contribution in [0.15, 0.2) is 72.8 Å². The van der Waals surface area contributed by atoms with E-state index < -0.39 is 22.1 Å². The SMILES string of the molecule is Cc1cc(C)cc(N([C@@H](C)C(=O)N[C@@H](c2ccccc2)c2ccccc2C)S(C)(=O)=O)c1. The number of nitrogens with zero attached hydrogens (tertiary/aromatic N) is 1. The molecule has 0 radical (unpaired) electrons. The monoisotopic (exact) mass is 450 g/mol. The van der Waals surface area contributed by atoms with Gasteiger partial charge >= 0.3 is 0 Å². The molecule has 0 spiro atoms. The fraction of sp³-hybridized carbons (Fsp3) is 0.269. The molecule has 3 aromatic rings. The van der Waals surface area contributed by atoms with Crippen LogP contribution in [0.2, 0.25) is 0 Å². The third-order valence-electron chi connectivity index (χ3n) is 5.47. The van der Waals surface area contributed by atoms with Crippen molar-refractivity contribution in [2.45, 2.75) is 39.8 Å². The second kappa shape index (κ2) is 9.57. The van der Waals surface area contributed by atoms with Gasteiger partial charge < -0.3 is 5.32 Å². The summed E-state index contributed by atoms with van der Waals surface area (Å²) in [5.74, 6) is -0.369. The maximum absolute atomic E-state index is 13.4. The molecular formula is C26H30N2O3S. The highest BCUT2D eigenvalue weighted by Gasteiger charge is 2.31. The summed E-state index contributed by atoms with van der Waals surface area (Å²) >= 11 is 0. The summed E-state index contributed by atoms with van der Waals surface area (Å²) in [7, 11) is -3.70. The van der Waals surface area contributed by atoms with Gasteiger partial charge in [0, 0.05) is 0 Å². The predicted octanol–water partition coefficient (Wildman–Crippen LogP) is 4.67. The summed E-state index contributed by atoms with van der Waals surface area (Å²) in [5.41, 5.74) is 5.30. The van der Waals surface area contributed by atoms with Crippen molar-refractivity contribution in [2.24, 2.45) is 0 Å². The Bertz CT molecular complexity index is 1190. The Kier molecular flexibility index (Phi) is 7.04. The maximum atomic E-state index is 13.4. The molecule has 0 bridgehead atoms. The van der Waals surface area contributed by atoms with Crippen LogP contribution in [0.3, 0.4) is 0 Å². The van der Waals surface area contributed by atoms with Gasteiger partial charge in [0.1, 0.15) is 6.04 Å². The van der Waals surface area contributed by atoms with Gasteiger partial charge in [0.15, 0.2) is 0 Å². The molecule has 1 amide bonds.